The predicted molar refractivity (Wildman–Crippen MR) is 77.7 cm³/mol. The monoisotopic (exact) mass is 379 g/mol. The maximum Gasteiger partial charge on any atom is 0.417 e. The van der Waals surface area contributed by atoms with Crippen molar-refractivity contribution in [3.05, 3.63) is 50.1 Å². The van der Waals surface area contributed by atoms with Gasteiger partial charge in [-0.2, -0.15) is 13.2 Å². The Kier molecular flexibility index (Phi) is 4.58. The number of nitrogens with one attached hydrogen (secondary N) is 1. The first-order valence-corrected chi connectivity index (χ1v) is 7.36. The molecular formula is C13H9BrF3NO2S. The molecule has 21 heavy (non-hydrogen) atoms. The standard InChI is InChI=1S/C13H9BrF3NO2S/c14-7-3-9(21-6-7)5-18-8-1-2-10(12(19)20)11(4-8)13(15,16)17/h1-4,6,18H,5H2,(H,19,20). The van der Waals surface area contributed by atoms with Crippen LogP contribution in [0.25, 0.3) is 0 Å². The molecule has 0 aliphatic carbocycles. The van der Waals surface area contributed by atoms with Crippen LogP contribution in [0.5, 0.6) is 0 Å². The molecule has 0 aliphatic rings. The summed E-state index contributed by atoms with van der Waals surface area (Å²) in [6, 6.07) is 4.94. The second-order valence-electron chi connectivity index (χ2n) is 4.15. The van der Waals surface area contributed by atoms with E-state index in [1.165, 1.54) is 17.4 Å². The van der Waals surface area contributed by atoms with Crippen LogP contribution in [0.3, 0.4) is 0 Å². The molecule has 0 spiro atoms. The molecule has 0 radical (unpaired) electrons. The summed E-state index contributed by atoms with van der Waals surface area (Å²) in [5.41, 5.74) is -1.70. The lowest BCUT2D eigenvalue weighted by molar-refractivity contribution is -0.138. The first-order valence-electron chi connectivity index (χ1n) is 5.68. The van der Waals surface area contributed by atoms with E-state index in [2.05, 4.69) is 21.2 Å². The molecule has 2 rings (SSSR count). The quantitative estimate of drug-likeness (QED) is 0.798. The minimum Gasteiger partial charge on any atom is -0.478 e. The predicted octanol–water partition coefficient (Wildman–Crippen LogP) is 4.84. The van der Waals surface area contributed by atoms with Crippen molar-refractivity contribution in [3.63, 3.8) is 0 Å². The summed E-state index contributed by atoms with van der Waals surface area (Å²) in [5, 5.41) is 13.5. The van der Waals surface area contributed by atoms with Crippen LogP contribution in [0.2, 0.25) is 0 Å². The summed E-state index contributed by atoms with van der Waals surface area (Å²) in [5.74, 6) is -1.60. The van der Waals surface area contributed by atoms with Gasteiger partial charge in [-0.1, -0.05) is 0 Å². The number of thiophene rings is 1. The number of carboxylic acids is 1. The van der Waals surface area contributed by atoms with Gasteiger partial charge in [-0.15, -0.1) is 11.3 Å². The molecule has 0 saturated heterocycles. The van der Waals surface area contributed by atoms with Gasteiger partial charge in [0, 0.05) is 27.0 Å². The van der Waals surface area contributed by atoms with Gasteiger partial charge >= 0.3 is 12.1 Å². The summed E-state index contributed by atoms with van der Waals surface area (Å²) >= 11 is 4.75. The van der Waals surface area contributed by atoms with E-state index in [0.717, 1.165) is 21.5 Å². The molecule has 0 atom stereocenters. The second kappa shape index (κ2) is 6.07. The Morgan fingerprint density at radius 3 is 2.57 bits per heavy atom. The number of rotatable bonds is 4. The molecule has 1 aromatic heterocycles. The van der Waals surface area contributed by atoms with Crippen molar-refractivity contribution in [2.45, 2.75) is 12.7 Å². The Morgan fingerprint density at radius 1 is 1.33 bits per heavy atom. The summed E-state index contributed by atoms with van der Waals surface area (Å²) in [4.78, 5) is 11.8. The minimum atomic E-state index is -4.71. The van der Waals surface area contributed by atoms with Gasteiger partial charge in [-0.25, -0.2) is 4.79 Å². The van der Waals surface area contributed by atoms with Crippen LogP contribution in [0.15, 0.2) is 34.1 Å². The topological polar surface area (TPSA) is 49.3 Å². The summed E-state index contributed by atoms with van der Waals surface area (Å²) in [6.45, 7) is 0.361. The van der Waals surface area contributed by atoms with Gasteiger partial charge in [0.05, 0.1) is 11.1 Å². The number of carboxylic acid groups (broad SMARTS) is 1. The number of hydrogen-bond acceptors (Lipinski definition) is 3. The van der Waals surface area contributed by atoms with E-state index < -0.39 is 23.3 Å². The van der Waals surface area contributed by atoms with Crippen molar-refractivity contribution in [2.75, 3.05) is 5.32 Å². The van der Waals surface area contributed by atoms with Crippen molar-refractivity contribution in [1.29, 1.82) is 0 Å². The van der Waals surface area contributed by atoms with Crippen molar-refractivity contribution in [1.82, 2.24) is 0 Å². The third kappa shape index (κ3) is 3.98. The van der Waals surface area contributed by atoms with Crippen LogP contribution < -0.4 is 5.32 Å². The van der Waals surface area contributed by atoms with E-state index in [1.807, 2.05) is 11.4 Å². The lowest BCUT2D eigenvalue weighted by Gasteiger charge is -2.13. The Morgan fingerprint density at radius 2 is 2.05 bits per heavy atom. The van der Waals surface area contributed by atoms with Crippen LogP contribution in [0.4, 0.5) is 18.9 Å². The number of alkyl halides is 3. The molecule has 0 fully saturated rings. The van der Waals surface area contributed by atoms with Crippen LogP contribution in [-0.4, -0.2) is 11.1 Å². The highest BCUT2D eigenvalue weighted by Crippen LogP contribution is 2.34. The first-order chi connectivity index (χ1) is 9.77. The largest absolute Gasteiger partial charge is 0.478 e. The molecular weight excluding hydrogens is 371 g/mol. The van der Waals surface area contributed by atoms with Crippen molar-refractivity contribution in [2.24, 2.45) is 0 Å². The molecule has 0 saturated carbocycles. The summed E-state index contributed by atoms with van der Waals surface area (Å²) < 4.78 is 39.5. The van der Waals surface area contributed by atoms with Gasteiger partial charge in [0.1, 0.15) is 0 Å². The van der Waals surface area contributed by atoms with Crippen molar-refractivity contribution >= 4 is 38.9 Å². The fourth-order valence-corrected chi connectivity index (χ4v) is 3.10. The van der Waals surface area contributed by atoms with Crippen LogP contribution in [0.1, 0.15) is 20.8 Å². The molecule has 1 aromatic carbocycles. The third-order valence-corrected chi connectivity index (χ3v) is 4.34. The lowest BCUT2D eigenvalue weighted by Crippen LogP contribution is -2.13. The average Bonchev–Trinajstić information content (AvgIpc) is 2.81. The van der Waals surface area contributed by atoms with Crippen molar-refractivity contribution < 1.29 is 23.1 Å². The highest BCUT2D eigenvalue weighted by Gasteiger charge is 2.35. The molecule has 112 valence electrons. The molecule has 0 aliphatic heterocycles. The number of benzene rings is 1. The number of aromatic carboxylic acids is 1. The zero-order valence-electron chi connectivity index (χ0n) is 10.4. The van der Waals surface area contributed by atoms with E-state index in [4.69, 9.17) is 5.11 Å². The van der Waals surface area contributed by atoms with Gasteiger partial charge < -0.3 is 10.4 Å². The molecule has 2 aromatic rings. The van der Waals surface area contributed by atoms with Gasteiger partial charge in [-0.05, 0) is 40.2 Å². The SMILES string of the molecule is O=C(O)c1ccc(NCc2cc(Br)cs2)cc1C(F)(F)F. The number of hydrogen-bond donors (Lipinski definition) is 2. The van der Waals surface area contributed by atoms with E-state index in [1.54, 1.807) is 0 Å². The highest BCUT2D eigenvalue weighted by molar-refractivity contribution is 9.10. The summed E-state index contributed by atoms with van der Waals surface area (Å²) in [7, 11) is 0. The van der Waals surface area contributed by atoms with Gasteiger partial charge in [0.2, 0.25) is 0 Å². The molecule has 8 heteroatoms. The fraction of sp³-hybridized carbons (Fsp3) is 0.154. The summed E-state index contributed by atoms with van der Waals surface area (Å²) in [6.07, 6.45) is -4.71. The Balaban J connectivity index is 2.23. The van der Waals surface area contributed by atoms with Gasteiger partial charge in [-0.3, -0.25) is 0 Å². The molecule has 1 heterocycles. The zero-order chi connectivity index (χ0) is 15.6. The van der Waals surface area contributed by atoms with E-state index in [0.29, 0.717) is 6.54 Å². The van der Waals surface area contributed by atoms with E-state index >= 15 is 0 Å². The van der Waals surface area contributed by atoms with Crippen LogP contribution in [-0.2, 0) is 12.7 Å². The molecule has 3 nitrogen and oxygen atoms in total. The highest BCUT2D eigenvalue weighted by atomic mass is 79.9. The maximum atomic E-state index is 12.9. The van der Waals surface area contributed by atoms with Crippen LogP contribution >= 0.6 is 27.3 Å². The molecule has 0 bridgehead atoms. The van der Waals surface area contributed by atoms with Gasteiger partial charge in [0.15, 0.2) is 0 Å². The van der Waals surface area contributed by atoms with Crippen molar-refractivity contribution in [3.8, 4) is 0 Å². The molecule has 2 N–H and O–H groups in total. The smallest absolute Gasteiger partial charge is 0.417 e. The van der Waals surface area contributed by atoms with Crippen LogP contribution in [0, 0.1) is 0 Å². The lowest BCUT2D eigenvalue weighted by atomic mass is 10.1. The molecule has 0 unspecified atom stereocenters. The number of anilines is 1. The van der Waals surface area contributed by atoms with E-state index in [-0.39, 0.29) is 5.69 Å². The molecule has 0 amide bonds. The third-order valence-electron chi connectivity index (χ3n) is 2.64. The normalized spacial score (nSPS) is 11.4. The number of carbonyl (C=O) groups is 1. The first kappa shape index (κ1) is 15.8. The van der Waals surface area contributed by atoms with Gasteiger partial charge in [0.25, 0.3) is 0 Å². The second-order valence-corrected chi connectivity index (χ2v) is 6.06. The zero-order valence-corrected chi connectivity index (χ0v) is 12.8. The Labute approximate surface area is 130 Å². The number of halogens is 4. The Bertz CT molecular complexity index is 670. The average molecular weight is 380 g/mol. The minimum absolute atomic E-state index is 0.219. The maximum absolute atomic E-state index is 12.9. The Hall–Kier alpha value is -1.54. The fourth-order valence-electron chi connectivity index (χ4n) is 1.71. The van der Waals surface area contributed by atoms with E-state index in [9.17, 15) is 18.0 Å².